The van der Waals surface area contributed by atoms with Gasteiger partial charge in [-0.05, 0) is 51.5 Å². The summed E-state index contributed by atoms with van der Waals surface area (Å²) in [5.74, 6) is -0.0745. The molecule has 0 aliphatic carbocycles. The van der Waals surface area contributed by atoms with Gasteiger partial charge in [0.15, 0.2) is 0 Å². The Balaban J connectivity index is 2.23. The largest absolute Gasteiger partial charge is 0.347 e. The highest BCUT2D eigenvalue weighted by Gasteiger charge is 2.21. The number of nitrogens with zero attached hydrogens (tertiary/aromatic N) is 1. The number of benzene rings is 1. The summed E-state index contributed by atoms with van der Waals surface area (Å²) >= 11 is 1.51. The Morgan fingerprint density at radius 3 is 2.55 bits per heavy atom. The SMILES string of the molecule is CCC(C)(C)NC(=O)c1cccnc1Sc1ccc(C)cc1. The van der Waals surface area contributed by atoms with Crippen molar-refractivity contribution in [1.82, 2.24) is 10.3 Å². The highest BCUT2D eigenvalue weighted by Crippen LogP contribution is 2.29. The van der Waals surface area contributed by atoms with E-state index in [0.29, 0.717) is 5.56 Å². The summed E-state index contributed by atoms with van der Waals surface area (Å²) in [7, 11) is 0. The molecule has 0 aliphatic heterocycles. The molecule has 2 aromatic rings. The van der Waals surface area contributed by atoms with Gasteiger partial charge in [0, 0.05) is 16.6 Å². The molecule has 0 fully saturated rings. The molecule has 1 aromatic carbocycles. The zero-order valence-corrected chi connectivity index (χ0v) is 14.3. The lowest BCUT2D eigenvalue weighted by Gasteiger charge is -2.24. The van der Waals surface area contributed by atoms with Gasteiger partial charge in [0.2, 0.25) is 0 Å². The molecule has 0 atom stereocenters. The van der Waals surface area contributed by atoms with Gasteiger partial charge >= 0.3 is 0 Å². The molecule has 116 valence electrons. The first-order valence-electron chi connectivity index (χ1n) is 7.43. The van der Waals surface area contributed by atoms with Crippen LogP contribution < -0.4 is 5.32 Å². The van der Waals surface area contributed by atoms with Crippen LogP contribution in [0.15, 0.2) is 52.5 Å². The first-order valence-corrected chi connectivity index (χ1v) is 8.25. The maximum atomic E-state index is 12.5. The highest BCUT2D eigenvalue weighted by atomic mass is 32.2. The molecular formula is C18H22N2OS. The maximum Gasteiger partial charge on any atom is 0.254 e. The first kappa shape index (κ1) is 16.6. The normalized spacial score (nSPS) is 11.3. The van der Waals surface area contributed by atoms with Crippen LogP contribution in [0.4, 0.5) is 0 Å². The average Bonchev–Trinajstić information content (AvgIpc) is 2.49. The van der Waals surface area contributed by atoms with Crippen LogP contribution in [-0.2, 0) is 0 Å². The van der Waals surface area contributed by atoms with Crippen molar-refractivity contribution in [3.05, 3.63) is 53.7 Å². The van der Waals surface area contributed by atoms with Crippen LogP contribution in [0.5, 0.6) is 0 Å². The number of aromatic nitrogens is 1. The van der Waals surface area contributed by atoms with Gasteiger partial charge in [0.25, 0.3) is 5.91 Å². The Morgan fingerprint density at radius 1 is 1.23 bits per heavy atom. The van der Waals surface area contributed by atoms with E-state index in [1.807, 2.05) is 32.0 Å². The molecule has 4 heteroatoms. The zero-order valence-electron chi connectivity index (χ0n) is 13.5. The number of hydrogen-bond donors (Lipinski definition) is 1. The monoisotopic (exact) mass is 314 g/mol. The molecule has 0 saturated carbocycles. The van der Waals surface area contributed by atoms with Crippen LogP contribution in [0.2, 0.25) is 0 Å². The number of hydrogen-bond acceptors (Lipinski definition) is 3. The third kappa shape index (κ3) is 4.34. The zero-order chi connectivity index (χ0) is 16.2. The predicted molar refractivity (Wildman–Crippen MR) is 91.4 cm³/mol. The van der Waals surface area contributed by atoms with Gasteiger partial charge in [0.05, 0.1) is 5.56 Å². The molecule has 3 nitrogen and oxygen atoms in total. The van der Waals surface area contributed by atoms with E-state index in [-0.39, 0.29) is 11.4 Å². The number of aryl methyl sites for hydroxylation is 1. The fourth-order valence-electron chi connectivity index (χ4n) is 1.83. The lowest BCUT2D eigenvalue weighted by atomic mass is 10.0. The Morgan fingerprint density at radius 2 is 1.91 bits per heavy atom. The molecule has 0 saturated heterocycles. The average molecular weight is 314 g/mol. The van der Waals surface area contributed by atoms with Crippen LogP contribution in [0.3, 0.4) is 0 Å². The number of nitrogens with one attached hydrogen (secondary N) is 1. The number of amides is 1. The molecule has 0 bridgehead atoms. The molecule has 0 spiro atoms. The van der Waals surface area contributed by atoms with Gasteiger partial charge < -0.3 is 5.32 Å². The number of rotatable bonds is 5. The van der Waals surface area contributed by atoms with Crippen molar-refractivity contribution in [3.8, 4) is 0 Å². The van der Waals surface area contributed by atoms with E-state index in [4.69, 9.17) is 0 Å². The molecular weight excluding hydrogens is 292 g/mol. The second-order valence-corrected chi connectivity index (χ2v) is 7.03. The van der Waals surface area contributed by atoms with Crippen molar-refractivity contribution in [2.24, 2.45) is 0 Å². The second-order valence-electron chi connectivity index (χ2n) is 5.96. The third-order valence-corrected chi connectivity index (χ3v) is 4.61. The van der Waals surface area contributed by atoms with Crippen LogP contribution in [0.25, 0.3) is 0 Å². The number of carbonyl (C=O) groups is 1. The lowest BCUT2D eigenvalue weighted by Crippen LogP contribution is -2.43. The third-order valence-electron chi connectivity index (χ3n) is 3.59. The van der Waals surface area contributed by atoms with Crippen molar-refractivity contribution in [3.63, 3.8) is 0 Å². The molecule has 0 unspecified atom stereocenters. The van der Waals surface area contributed by atoms with E-state index < -0.39 is 0 Å². The summed E-state index contributed by atoms with van der Waals surface area (Å²) in [6.07, 6.45) is 2.59. The van der Waals surface area contributed by atoms with Crippen LogP contribution >= 0.6 is 11.8 Å². The first-order chi connectivity index (χ1) is 10.4. The van der Waals surface area contributed by atoms with E-state index in [0.717, 1.165) is 16.3 Å². The summed E-state index contributed by atoms with van der Waals surface area (Å²) in [6, 6.07) is 11.8. The van der Waals surface area contributed by atoms with Gasteiger partial charge in [-0.25, -0.2) is 4.98 Å². The fourth-order valence-corrected chi connectivity index (χ4v) is 2.71. The number of pyridine rings is 1. The van der Waals surface area contributed by atoms with Crippen molar-refractivity contribution >= 4 is 17.7 Å². The Bertz CT molecular complexity index is 650. The van der Waals surface area contributed by atoms with Gasteiger partial charge in [-0.15, -0.1) is 0 Å². The van der Waals surface area contributed by atoms with Gasteiger partial charge in [-0.3, -0.25) is 4.79 Å². The van der Waals surface area contributed by atoms with E-state index >= 15 is 0 Å². The van der Waals surface area contributed by atoms with Crippen molar-refractivity contribution in [2.45, 2.75) is 49.6 Å². The Labute approximate surface area is 136 Å². The van der Waals surface area contributed by atoms with E-state index in [2.05, 4.69) is 36.3 Å². The Hall–Kier alpha value is -1.81. The lowest BCUT2D eigenvalue weighted by molar-refractivity contribution is 0.0907. The predicted octanol–water partition coefficient (Wildman–Crippen LogP) is 4.46. The van der Waals surface area contributed by atoms with Crippen molar-refractivity contribution < 1.29 is 4.79 Å². The molecule has 1 aromatic heterocycles. The quantitative estimate of drug-likeness (QED) is 0.886. The standard InChI is InChI=1S/C18H22N2OS/c1-5-18(3,4)20-16(21)15-7-6-12-19-17(15)22-14-10-8-13(2)9-11-14/h6-12H,5H2,1-4H3,(H,20,21). The summed E-state index contributed by atoms with van der Waals surface area (Å²) in [6.45, 7) is 8.16. The van der Waals surface area contributed by atoms with E-state index in [1.54, 1.807) is 12.3 Å². The fraction of sp³-hybridized carbons (Fsp3) is 0.333. The van der Waals surface area contributed by atoms with Gasteiger partial charge in [0.1, 0.15) is 5.03 Å². The molecule has 22 heavy (non-hydrogen) atoms. The van der Waals surface area contributed by atoms with Crippen LogP contribution in [0, 0.1) is 6.92 Å². The summed E-state index contributed by atoms with van der Waals surface area (Å²) in [4.78, 5) is 18.0. The topological polar surface area (TPSA) is 42.0 Å². The summed E-state index contributed by atoms with van der Waals surface area (Å²) in [5, 5.41) is 3.80. The van der Waals surface area contributed by atoms with Gasteiger partial charge in [-0.2, -0.15) is 0 Å². The molecule has 2 rings (SSSR count). The van der Waals surface area contributed by atoms with Gasteiger partial charge in [-0.1, -0.05) is 36.4 Å². The number of carbonyl (C=O) groups excluding carboxylic acids is 1. The minimum absolute atomic E-state index is 0.0745. The van der Waals surface area contributed by atoms with Crippen LogP contribution in [-0.4, -0.2) is 16.4 Å². The molecule has 0 radical (unpaired) electrons. The smallest absolute Gasteiger partial charge is 0.254 e. The molecule has 0 aliphatic rings. The van der Waals surface area contributed by atoms with E-state index in [9.17, 15) is 4.79 Å². The van der Waals surface area contributed by atoms with E-state index in [1.165, 1.54) is 17.3 Å². The summed E-state index contributed by atoms with van der Waals surface area (Å²) in [5.41, 5.74) is 1.61. The van der Waals surface area contributed by atoms with Crippen molar-refractivity contribution in [2.75, 3.05) is 0 Å². The van der Waals surface area contributed by atoms with Crippen molar-refractivity contribution in [1.29, 1.82) is 0 Å². The molecule has 1 N–H and O–H groups in total. The Kier molecular flexibility index (Phi) is 5.24. The molecule has 1 amide bonds. The highest BCUT2D eigenvalue weighted by molar-refractivity contribution is 7.99. The minimum Gasteiger partial charge on any atom is -0.347 e. The summed E-state index contributed by atoms with van der Waals surface area (Å²) < 4.78 is 0. The molecule has 1 heterocycles. The maximum absolute atomic E-state index is 12.5. The minimum atomic E-state index is -0.223. The van der Waals surface area contributed by atoms with Crippen LogP contribution in [0.1, 0.15) is 43.1 Å². The second kappa shape index (κ2) is 6.97.